The highest BCUT2D eigenvalue weighted by molar-refractivity contribution is 7.16. The molecular weight excluding hydrogens is 282 g/mol. The van der Waals surface area contributed by atoms with E-state index in [2.05, 4.69) is 9.97 Å². The number of fused-ring (bicyclic) bond motifs is 1. The molecule has 0 spiro atoms. The number of carbonyl (C=O) groups excluding carboxylic acids is 3. The maximum Gasteiger partial charge on any atom is 0.334 e. The van der Waals surface area contributed by atoms with Crippen molar-refractivity contribution in [3.8, 4) is 0 Å². The third-order valence-corrected chi connectivity index (χ3v) is 3.76. The minimum atomic E-state index is -0.883. The highest BCUT2D eigenvalue weighted by atomic mass is 32.1. The summed E-state index contributed by atoms with van der Waals surface area (Å²) in [5.41, 5.74) is 5.79. The van der Waals surface area contributed by atoms with Crippen LogP contribution in [0.3, 0.4) is 0 Å². The second-order valence-corrected chi connectivity index (χ2v) is 5.10. The largest absolute Gasteiger partial charge is 0.383 e. The molecule has 0 aromatic carbocycles. The molecule has 0 saturated carbocycles. The summed E-state index contributed by atoms with van der Waals surface area (Å²) in [7, 11) is 1.25. The van der Waals surface area contributed by atoms with Crippen molar-refractivity contribution in [3.63, 3.8) is 0 Å². The first-order valence-electron chi connectivity index (χ1n) is 5.62. The van der Waals surface area contributed by atoms with Crippen molar-refractivity contribution in [1.29, 1.82) is 0 Å². The summed E-state index contributed by atoms with van der Waals surface area (Å²) in [6.07, 6.45) is 0. The van der Waals surface area contributed by atoms with Gasteiger partial charge in [0.25, 0.3) is 0 Å². The minimum absolute atomic E-state index is 0.175. The molecule has 3 heterocycles. The lowest BCUT2D eigenvalue weighted by atomic mass is 10.3. The van der Waals surface area contributed by atoms with E-state index < -0.39 is 17.8 Å². The van der Waals surface area contributed by atoms with Crippen LogP contribution in [0.2, 0.25) is 0 Å². The van der Waals surface area contributed by atoms with E-state index in [4.69, 9.17) is 5.73 Å². The molecular formula is C11H9N5O3S. The number of hydrogen-bond acceptors (Lipinski definition) is 7. The van der Waals surface area contributed by atoms with E-state index in [1.165, 1.54) is 18.4 Å². The molecule has 3 rings (SSSR count). The monoisotopic (exact) mass is 291 g/mol. The summed E-state index contributed by atoms with van der Waals surface area (Å²) >= 11 is 1.38. The smallest absolute Gasteiger partial charge is 0.334 e. The van der Waals surface area contributed by atoms with Crippen LogP contribution in [-0.4, -0.2) is 44.7 Å². The Morgan fingerprint density at radius 1 is 1.25 bits per heavy atom. The Labute approximate surface area is 116 Å². The van der Waals surface area contributed by atoms with Gasteiger partial charge in [-0.05, 0) is 11.4 Å². The zero-order valence-electron chi connectivity index (χ0n) is 10.4. The number of thiophene rings is 1. The van der Waals surface area contributed by atoms with Crippen LogP contribution in [0.5, 0.6) is 0 Å². The predicted molar refractivity (Wildman–Crippen MR) is 70.5 cm³/mol. The molecule has 102 valence electrons. The first-order valence-corrected chi connectivity index (χ1v) is 6.50. The normalized spacial score (nSPS) is 15.8. The first-order chi connectivity index (χ1) is 9.49. The fraction of sp³-hybridized carbons (Fsp3) is 0.182. The standard InChI is InChI=1S/C11H9N5O3S/c1-15-9(17)10(18)16(11(15)19)4-6-13-7(12)5-2-3-20-8(5)14-6/h2-3H,4H2,1H3,(H2,12,13,14). The molecule has 2 aromatic rings. The van der Waals surface area contributed by atoms with Gasteiger partial charge >= 0.3 is 17.8 Å². The molecule has 8 nitrogen and oxygen atoms in total. The molecule has 4 amide bonds. The molecule has 9 heteroatoms. The van der Waals surface area contributed by atoms with Gasteiger partial charge in [0.05, 0.1) is 11.9 Å². The number of nitrogens with zero attached hydrogens (tertiary/aromatic N) is 4. The number of anilines is 1. The Balaban J connectivity index is 1.95. The van der Waals surface area contributed by atoms with Gasteiger partial charge in [-0.2, -0.15) is 0 Å². The second-order valence-electron chi connectivity index (χ2n) is 4.20. The third-order valence-electron chi connectivity index (χ3n) is 2.95. The first kappa shape index (κ1) is 12.5. The maximum absolute atomic E-state index is 11.8. The lowest BCUT2D eigenvalue weighted by Crippen LogP contribution is -2.31. The van der Waals surface area contributed by atoms with E-state index in [-0.39, 0.29) is 18.2 Å². The van der Waals surface area contributed by atoms with Crippen LogP contribution >= 0.6 is 11.3 Å². The molecule has 0 bridgehead atoms. The molecule has 1 saturated heterocycles. The van der Waals surface area contributed by atoms with E-state index >= 15 is 0 Å². The molecule has 1 aliphatic heterocycles. The number of carbonyl (C=O) groups is 3. The number of aromatic nitrogens is 2. The van der Waals surface area contributed by atoms with Crippen molar-refractivity contribution >= 4 is 45.2 Å². The Kier molecular flexibility index (Phi) is 2.64. The number of imide groups is 2. The highest BCUT2D eigenvalue weighted by Crippen LogP contribution is 2.23. The number of hydrogen-bond donors (Lipinski definition) is 1. The summed E-state index contributed by atoms with van der Waals surface area (Å²) in [5, 5.41) is 2.55. The van der Waals surface area contributed by atoms with Gasteiger partial charge in [-0.1, -0.05) is 0 Å². The maximum atomic E-state index is 11.8. The van der Waals surface area contributed by atoms with Gasteiger partial charge < -0.3 is 5.73 Å². The van der Waals surface area contributed by atoms with Crippen LogP contribution < -0.4 is 5.73 Å². The van der Waals surface area contributed by atoms with Crippen molar-refractivity contribution < 1.29 is 14.4 Å². The molecule has 0 radical (unpaired) electrons. The van der Waals surface area contributed by atoms with Gasteiger partial charge in [-0.3, -0.25) is 14.5 Å². The number of nitrogen functional groups attached to an aromatic ring is 1. The van der Waals surface area contributed by atoms with Crippen molar-refractivity contribution in [3.05, 3.63) is 17.3 Å². The zero-order valence-corrected chi connectivity index (χ0v) is 11.2. The second kappa shape index (κ2) is 4.23. The van der Waals surface area contributed by atoms with Gasteiger partial charge in [0.1, 0.15) is 10.6 Å². The van der Waals surface area contributed by atoms with Gasteiger partial charge in [0, 0.05) is 7.05 Å². The topological polar surface area (TPSA) is 109 Å². The van der Waals surface area contributed by atoms with E-state index in [1.807, 2.05) is 5.38 Å². The molecule has 0 aliphatic carbocycles. The summed E-state index contributed by atoms with van der Waals surface area (Å²) in [6, 6.07) is 1.11. The summed E-state index contributed by atoms with van der Waals surface area (Å²) in [6.45, 7) is -0.175. The minimum Gasteiger partial charge on any atom is -0.383 e. The average Bonchev–Trinajstić information content (AvgIpc) is 2.95. The Hall–Kier alpha value is -2.55. The molecule has 1 fully saturated rings. The fourth-order valence-electron chi connectivity index (χ4n) is 1.89. The quantitative estimate of drug-likeness (QED) is 0.625. The lowest BCUT2D eigenvalue weighted by Gasteiger charge is -2.11. The average molecular weight is 291 g/mol. The summed E-state index contributed by atoms with van der Waals surface area (Å²) in [4.78, 5) is 45.3. The summed E-state index contributed by atoms with van der Waals surface area (Å²) < 4.78 is 0. The van der Waals surface area contributed by atoms with Crippen LogP contribution in [0.25, 0.3) is 10.2 Å². The number of nitrogens with two attached hydrogens (primary N) is 1. The molecule has 2 aromatic heterocycles. The van der Waals surface area contributed by atoms with Crippen molar-refractivity contribution in [2.24, 2.45) is 0 Å². The van der Waals surface area contributed by atoms with Crippen LogP contribution in [0.1, 0.15) is 5.82 Å². The van der Waals surface area contributed by atoms with Gasteiger partial charge in [0.2, 0.25) is 0 Å². The Bertz CT molecular complexity index is 756. The number of amides is 4. The number of rotatable bonds is 2. The molecule has 0 atom stereocenters. The fourth-order valence-corrected chi connectivity index (χ4v) is 2.68. The van der Waals surface area contributed by atoms with Crippen LogP contribution in [0, 0.1) is 0 Å². The van der Waals surface area contributed by atoms with Gasteiger partial charge in [-0.25, -0.2) is 19.7 Å². The Morgan fingerprint density at radius 3 is 2.65 bits per heavy atom. The molecule has 0 unspecified atom stereocenters. The van der Waals surface area contributed by atoms with E-state index in [0.717, 1.165) is 15.2 Å². The van der Waals surface area contributed by atoms with Crippen molar-refractivity contribution in [2.45, 2.75) is 6.54 Å². The highest BCUT2D eigenvalue weighted by Gasteiger charge is 2.42. The predicted octanol–water partition coefficient (Wildman–Crippen LogP) is 0.194. The van der Waals surface area contributed by atoms with Crippen molar-refractivity contribution in [1.82, 2.24) is 19.8 Å². The zero-order chi connectivity index (χ0) is 14.4. The SMILES string of the molecule is CN1C(=O)C(=O)N(Cc2nc(N)c3ccsc3n2)C1=O. The van der Waals surface area contributed by atoms with Gasteiger partial charge in [0.15, 0.2) is 5.82 Å². The van der Waals surface area contributed by atoms with Gasteiger partial charge in [-0.15, -0.1) is 11.3 Å². The van der Waals surface area contributed by atoms with Crippen molar-refractivity contribution in [2.75, 3.05) is 12.8 Å². The van der Waals surface area contributed by atoms with E-state index in [1.54, 1.807) is 6.07 Å². The molecule has 1 aliphatic rings. The van der Waals surface area contributed by atoms with Crippen LogP contribution in [0.4, 0.5) is 10.6 Å². The van der Waals surface area contributed by atoms with Crippen LogP contribution in [0.15, 0.2) is 11.4 Å². The molecule has 2 N–H and O–H groups in total. The third kappa shape index (κ3) is 1.71. The molecule has 20 heavy (non-hydrogen) atoms. The number of urea groups is 1. The lowest BCUT2D eigenvalue weighted by molar-refractivity contribution is -0.143. The van der Waals surface area contributed by atoms with E-state index in [9.17, 15) is 14.4 Å². The van der Waals surface area contributed by atoms with Crippen LogP contribution in [-0.2, 0) is 16.1 Å². The summed E-state index contributed by atoms with van der Waals surface area (Å²) in [5.74, 6) is -1.24. The van der Waals surface area contributed by atoms with E-state index in [0.29, 0.717) is 4.83 Å². The Morgan fingerprint density at radius 2 is 2.00 bits per heavy atom. The number of likely N-dealkylation sites (N-methyl/N-ethyl adjacent to an activating group) is 1.